The summed E-state index contributed by atoms with van der Waals surface area (Å²) in [6.45, 7) is -0.242. The van der Waals surface area contributed by atoms with Gasteiger partial charge in [-0.25, -0.2) is 0 Å². The van der Waals surface area contributed by atoms with E-state index in [4.69, 9.17) is 4.52 Å². The van der Waals surface area contributed by atoms with Gasteiger partial charge in [-0.15, -0.1) is 0 Å². The number of pyridine rings is 2. The van der Waals surface area contributed by atoms with Crippen LogP contribution in [-0.4, -0.2) is 19.7 Å². The highest BCUT2D eigenvalue weighted by atomic mass is 19.4. The van der Waals surface area contributed by atoms with Crippen LogP contribution in [0.4, 0.5) is 13.2 Å². The maximum atomic E-state index is 13.2. The van der Waals surface area contributed by atoms with E-state index in [0.29, 0.717) is 5.56 Å². The van der Waals surface area contributed by atoms with Gasteiger partial charge in [0.15, 0.2) is 0 Å². The first-order chi connectivity index (χ1) is 13.9. The second-order valence-corrected chi connectivity index (χ2v) is 6.17. The quantitative estimate of drug-likeness (QED) is 0.519. The van der Waals surface area contributed by atoms with Gasteiger partial charge in [0.25, 0.3) is 11.4 Å². The van der Waals surface area contributed by atoms with Crippen molar-refractivity contribution in [2.24, 2.45) is 0 Å². The molecule has 0 radical (unpaired) electrons. The Morgan fingerprint density at radius 3 is 2.52 bits per heavy atom. The summed E-state index contributed by atoms with van der Waals surface area (Å²) in [6.07, 6.45) is 0.0425. The van der Waals surface area contributed by atoms with E-state index >= 15 is 0 Å². The number of nitrogens with zero attached hydrogens (tertiary/aromatic N) is 4. The molecule has 0 aliphatic rings. The van der Waals surface area contributed by atoms with Gasteiger partial charge >= 0.3 is 6.18 Å². The van der Waals surface area contributed by atoms with Crippen molar-refractivity contribution in [2.45, 2.75) is 12.7 Å². The van der Waals surface area contributed by atoms with Gasteiger partial charge in [-0.1, -0.05) is 23.4 Å². The van der Waals surface area contributed by atoms with Gasteiger partial charge in [-0.05, 0) is 35.9 Å². The molecule has 0 bridgehead atoms. The molecular formula is C20H13F3N4O2. The Morgan fingerprint density at radius 2 is 1.76 bits per heavy atom. The highest BCUT2D eigenvalue weighted by Gasteiger charge is 2.33. The minimum Gasteiger partial charge on any atom is -0.333 e. The minimum absolute atomic E-state index is 0.0118. The molecule has 146 valence electrons. The predicted octanol–water partition coefficient (Wildman–Crippen LogP) is 4.03. The van der Waals surface area contributed by atoms with Crippen LogP contribution in [0.2, 0.25) is 0 Å². The van der Waals surface area contributed by atoms with Crippen molar-refractivity contribution in [1.29, 1.82) is 0 Å². The predicted molar refractivity (Wildman–Crippen MR) is 97.8 cm³/mol. The Bertz CT molecular complexity index is 1200. The second-order valence-electron chi connectivity index (χ2n) is 6.17. The van der Waals surface area contributed by atoms with Gasteiger partial charge in [-0.2, -0.15) is 18.2 Å². The molecule has 3 heterocycles. The summed E-state index contributed by atoms with van der Waals surface area (Å²) in [5.74, 6) is 0.264. The Morgan fingerprint density at radius 1 is 1.00 bits per heavy atom. The van der Waals surface area contributed by atoms with Crippen molar-refractivity contribution in [1.82, 2.24) is 19.7 Å². The van der Waals surface area contributed by atoms with E-state index in [1.165, 1.54) is 35.0 Å². The van der Waals surface area contributed by atoms with Crippen LogP contribution in [0.25, 0.3) is 22.8 Å². The molecule has 4 aromatic rings. The third kappa shape index (κ3) is 3.79. The van der Waals surface area contributed by atoms with E-state index in [9.17, 15) is 18.0 Å². The fourth-order valence-corrected chi connectivity index (χ4v) is 2.89. The van der Waals surface area contributed by atoms with E-state index in [0.717, 1.165) is 6.07 Å². The number of halogens is 3. The molecule has 0 aliphatic heterocycles. The maximum Gasteiger partial charge on any atom is 0.416 e. The zero-order valence-electron chi connectivity index (χ0n) is 14.8. The molecular weight excluding hydrogens is 385 g/mol. The monoisotopic (exact) mass is 398 g/mol. The van der Waals surface area contributed by atoms with Crippen LogP contribution in [0.15, 0.2) is 76.4 Å². The van der Waals surface area contributed by atoms with E-state index in [-0.39, 0.29) is 29.4 Å². The molecule has 0 saturated carbocycles. The number of rotatable bonds is 4. The number of hydrogen-bond acceptors (Lipinski definition) is 5. The molecule has 0 amide bonds. The molecule has 0 unspecified atom stereocenters. The van der Waals surface area contributed by atoms with Gasteiger partial charge in [0.2, 0.25) is 5.82 Å². The van der Waals surface area contributed by atoms with Gasteiger partial charge in [0.1, 0.15) is 5.56 Å². The number of benzene rings is 1. The molecule has 0 N–H and O–H groups in total. The lowest BCUT2D eigenvalue weighted by molar-refractivity contribution is -0.138. The van der Waals surface area contributed by atoms with Crippen LogP contribution in [0.3, 0.4) is 0 Å². The fraction of sp³-hybridized carbons (Fsp3) is 0.100. The van der Waals surface area contributed by atoms with Gasteiger partial charge in [0, 0.05) is 24.2 Å². The molecule has 0 atom stereocenters. The van der Waals surface area contributed by atoms with Crippen molar-refractivity contribution >= 4 is 0 Å². The molecule has 0 fully saturated rings. The van der Waals surface area contributed by atoms with Crippen LogP contribution in [0.5, 0.6) is 0 Å². The topological polar surface area (TPSA) is 73.8 Å². The molecule has 0 aliphatic carbocycles. The smallest absolute Gasteiger partial charge is 0.333 e. The third-order valence-corrected chi connectivity index (χ3v) is 4.28. The summed E-state index contributed by atoms with van der Waals surface area (Å²) in [5, 5.41) is 3.85. The summed E-state index contributed by atoms with van der Waals surface area (Å²) in [7, 11) is 0. The van der Waals surface area contributed by atoms with Crippen LogP contribution in [0, 0.1) is 0 Å². The minimum atomic E-state index is -4.51. The number of alkyl halides is 3. The zero-order chi connectivity index (χ0) is 20.4. The van der Waals surface area contributed by atoms with Crippen LogP contribution < -0.4 is 5.56 Å². The van der Waals surface area contributed by atoms with Crippen LogP contribution >= 0.6 is 0 Å². The molecule has 0 spiro atoms. The number of hydrogen-bond donors (Lipinski definition) is 0. The molecule has 9 heteroatoms. The van der Waals surface area contributed by atoms with Crippen molar-refractivity contribution < 1.29 is 17.7 Å². The first-order valence-corrected chi connectivity index (χ1v) is 8.52. The molecule has 6 nitrogen and oxygen atoms in total. The molecule has 4 rings (SSSR count). The fourth-order valence-electron chi connectivity index (χ4n) is 2.89. The Hall–Kier alpha value is -3.75. The zero-order valence-corrected chi connectivity index (χ0v) is 14.8. The summed E-state index contributed by atoms with van der Waals surface area (Å²) in [6, 6.07) is 11.5. The number of aromatic nitrogens is 4. The average molecular weight is 398 g/mol. The van der Waals surface area contributed by atoms with E-state index in [1.807, 2.05) is 0 Å². The Labute approximate surface area is 162 Å². The third-order valence-electron chi connectivity index (χ3n) is 4.28. The van der Waals surface area contributed by atoms with Crippen molar-refractivity contribution in [3.05, 3.63) is 88.6 Å². The van der Waals surface area contributed by atoms with Crippen molar-refractivity contribution in [3.8, 4) is 22.8 Å². The highest BCUT2D eigenvalue weighted by Crippen LogP contribution is 2.32. The Balaban J connectivity index is 1.70. The van der Waals surface area contributed by atoms with Crippen LogP contribution in [0.1, 0.15) is 11.1 Å². The van der Waals surface area contributed by atoms with Crippen molar-refractivity contribution in [2.75, 3.05) is 0 Å². The lowest BCUT2D eigenvalue weighted by Crippen LogP contribution is -2.23. The van der Waals surface area contributed by atoms with E-state index in [1.54, 1.807) is 30.6 Å². The van der Waals surface area contributed by atoms with E-state index in [2.05, 4.69) is 15.1 Å². The lowest BCUT2D eigenvalue weighted by Gasteiger charge is -2.14. The van der Waals surface area contributed by atoms with Gasteiger partial charge in [-0.3, -0.25) is 9.78 Å². The summed E-state index contributed by atoms with van der Waals surface area (Å²) in [4.78, 5) is 20.9. The first kappa shape index (κ1) is 18.6. The molecule has 29 heavy (non-hydrogen) atoms. The van der Waals surface area contributed by atoms with Crippen molar-refractivity contribution in [3.63, 3.8) is 0 Å². The normalized spacial score (nSPS) is 11.6. The summed E-state index contributed by atoms with van der Waals surface area (Å²) < 4.78 is 46.1. The van der Waals surface area contributed by atoms with Gasteiger partial charge in [0.05, 0.1) is 12.1 Å². The largest absolute Gasteiger partial charge is 0.416 e. The molecule has 0 saturated heterocycles. The maximum absolute atomic E-state index is 13.2. The van der Waals surface area contributed by atoms with Gasteiger partial charge < -0.3 is 9.09 Å². The second kappa shape index (κ2) is 7.34. The SMILES string of the molecule is O=c1c(-c2nc(-c3ccncc3)no2)cccn1Cc1ccccc1C(F)(F)F. The van der Waals surface area contributed by atoms with E-state index < -0.39 is 17.3 Å². The first-order valence-electron chi connectivity index (χ1n) is 8.52. The van der Waals surface area contributed by atoms with Crippen LogP contribution in [-0.2, 0) is 12.7 Å². The molecule has 1 aromatic carbocycles. The summed E-state index contributed by atoms with van der Waals surface area (Å²) in [5.41, 5.74) is -0.568. The molecule has 3 aromatic heterocycles. The standard InChI is InChI=1S/C20H13F3N4O2/c21-20(22,23)16-6-2-1-4-14(16)12-27-11-3-5-15(19(27)28)18-25-17(26-29-18)13-7-9-24-10-8-13/h1-11H,12H2. The lowest BCUT2D eigenvalue weighted by atomic mass is 10.1. The highest BCUT2D eigenvalue weighted by molar-refractivity contribution is 5.58. The summed E-state index contributed by atoms with van der Waals surface area (Å²) >= 11 is 0. The Kier molecular flexibility index (Phi) is 4.71. The average Bonchev–Trinajstić information content (AvgIpc) is 3.20.